The van der Waals surface area contributed by atoms with E-state index in [1.54, 1.807) is 13.1 Å². The third-order valence-corrected chi connectivity index (χ3v) is 3.96. The van der Waals surface area contributed by atoms with E-state index in [1.807, 2.05) is 26.0 Å². The summed E-state index contributed by atoms with van der Waals surface area (Å²) < 4.78 is 0. The lowest BCUT2D eigenvalue weighted by atomic mass is 9.89. The topological polar surface area (TPSA) is 52.6 Å². The highest BCUT2D eigenvalue weighted by molar-refractivity contribution is 5.82. The summed E-state index contributed by atoms with van der Waals surface area (Å²) in [6.07, 6.45) is 0.860. The maximum atomic E-state index is 11.9. The SMILES string of the molecule is CNC(=O)C1(C)CCN(Cc2cc(C)ccc2O)C1. The summed E-state index contributed by atoms with van der Waals surface area (Å²) in [6.45, 7) is 6.33. The number of hydrogen-bond donors (Lipinski definition) is 2. The number of likely N-dealkylation sites (tertiary alicyclic amines) is 1. The fourth-order valence-electron chi connectivity index (χ4n) is 2.76. The normalized spacial score (nSPS) is 23.5. The minimum Gasteiger partial charge on any atom is -0.508 e. The fraction of sp³-hybridized carbons (Fsp3) is 0.533. The van der Waals surface area contributed by atoms with E-state index in [2.05, 4.69) is 10.2 Å². The first-order valence-corrected chi connectivity index (χ1v) is 6.68. The summed E-state index contributed by atoms with van der Waals surface area (Å²) in [4.78, 5) is 14.1. The molecule has 1 aromatic rings. The average Bonchev–Trinajstić information content (AvgIpc) is 2.76. The van der Waals surface area contributed by atoms with Crippen LogP contribution in [0.2, 0.25) is 0 Å². The van der Waals surface area contributed by atoms with Gasteiger partial charge in [0.1, 0.15) is 5.75 Å². The quantitative estimate of drug-likeness (QED) is 0.871. The van der Waals surface area contributed by atoms with Gasteiger partial charge in [0.05, 0.1) is 5.41 Å². The zero-order valence-electron chi connectivity index (χ0n) is 11.9. The Labute approximate surface area is 114 Å². The number of hydrogen-bond acceptors (Lipinski definition) is 3. The number of carbonyl (C=O) groups is 1. The van der Waals surface area contributed by atoms with E-state index < -0.39 is 0 Å². The van der Waals surface area contributed by atoms with Crippen molar-refractivity contribution in [2.24, 2.45) is 5.41 Å². The van der Waals surface area contributed by atoms with Crippen LogP contribution >= 0.6 is 0 Å². The molecule has 2 rings (SSSR count). The van der Waals surface area contributed by atoms with Crippen molar-refractivity contribution in [1.82, 2.24) is 10.2 Å². The van der Waals surface area contributed by atoms with E-state index in [0.29, 0.717) is 12.3 Å². The number of rotatable bonds is 3. The third kappa shape index (κ3) is 2.89. The minimum absolute atomic E-state index is 0.100. The van der Waals surface area contributed by atoms with E-state index >= 15 is 0 Å². The van der Waals surface area contributed by atoms with Crippen LogP contribution < -0.4 is 5.32 Å². The predicted octanol–water partition coefficient (Wildman–Crippen LogP) is 1.66. The van der Waals surface area contributed by atoms with Crippen LogP contribution in [0, 0.1) is 12.3 Å². The first kappa shape index (κ1) is 13.9. The van der Waals surface area contributed by atoms with E-state index in [0.717, 1.165) is 30.6 Å². The van der Waals surface area contributed by atoms with Gasteiger partial charge in [-0.1, -0.05) is 17.7 Å². The van der Waals surface area contributed by atoms with Gasteiger partial charge >= 0.3 is 0 Å². The lowest BCUT2D eigenvalue weighted by molar-refractivity contribution is -0.129. The van der Waals surface area contributed by atoms with Gasteiger partial charge in [-0.3, -0.25) is 9.69 Å². The van der Waals surface area contributed by atoms with Crippen molar-refractivity contribution in [3.8, 4) is 5.75 Å². The highest BCUT2D eigenvalue weighted by Crippen LogP contribution is 2.32. The molecule has 1 aliphatic heterocycles. The van der Waals surface area contributed by atoms with Gasteiger partial charge in [-0.2, -0.15) is 0 Å². The van der Waals surface area contributed by atoms with Crippen LogP contribution in [0.5, 0.6) is 5.75 Å². The molecule has 1 saturated heterocycles. The Morgan fingerprint density at radius 2 is 2.26 bits per heavy atom. The standard InChI is InChI=1S/C15H22N2O2/c1-11-4-5-13(18)12(8-11)9-17-7-6-15(2,10-17)14(19)16-3/h4-5,8,18H,6-7,9-10H2,1-3H3,(H,16,19). The summed E-state index contributed by atoms with van der Waals surface area (Å²) in [7, 11) is 1.68. The summed E-state index contributed by atoms with van der Waals surface area (Å²) in [5, 5.41) is 12.6. The van der Waals surface area contributed by atoms with Gasteiger partial charge in [0, 0.05) is 25.7 Å². The summed E-state index contributed by atoms with van der Waals surface area (Å²) in [5.41, 5.74) is 1.76. The van der Waals surface area contributed by atoms with Gasteiger partial charge in [0.25, 0.3) is 0 Å². The number of aromatic hydroxyl groups is 1. The second-order valence-corrected chi connectivity index (χ2v) is 5.73. The lowest BCUT2D eigenvalue weighted by Gasteiger charge is -2.23. The van der Waals surface area contributed by atoms with Gasteiger partial charge in [-0.25, -0.2) is 0 Å². The highest BCUT2D eigenvalue weighted by atomic mass is 16.3. The van der Waals surface area contributed by atoms with Crippen LogP contribution in [0.25, 0.3) is 0 Å². The second-order valence-electron chi connectivity index (χ2n) is 5.73. The predicted molar refractivity (Wildman–Crippen MR) is 74.9 cm³/mol. The Hall–Kier alpha value is -1.55. The number of aryl methyl sites for hydroxylation is 1. The maximum Gasteiger partial charge on any atom is 0.227 e. The van der Waals surface area contributed by atoms with Crippen LogP contribution in [0.15, 0.2) is 18.2 Å². The highest BCUT2D eigenvalue weighted by Gasteiger charge is 2.39. The Bertz CT molecular complexity index is 487. The van der Waals surface area contributed by atoms with Crippen molar-refractivity contribution < 1.29 is 9.90 Å². The van der Waals surface area contributed by atoms with Gasteiger partial charge in [0.15, 0.2) is 0 Å². The monoisotopic (exact) mass is 262 g/mol. The van der Waals surface area contributed by atoms with Gasteiger partial charge < -0.3 is 10.4 Å². The number of phenolic OH excluding ortho intramolecular Hbond substituents is 1. The van der Waals surface area contributed by atoms with Crippen molar-refractivity contribution in [3.63, 3.8) is 0 Å². The van der Waals surface area contributed by atoms with E-state index in [-0.39, 0.29) is 11.3 Å². The molecule has 1 amide bonds. The van der Waals surface area contributed by atoms with E-state index in [4.69, 9.17) is 0 Å². The molecule has 4 heteroatoms. The Balaban J connectivity index is 2.06. The van der Waals surface area contributed by atoms with Gasteiger partial charge in [-0.15, -0.1) is 0 Å². The van der Waals surface area contributed by atoms with E-state index in [1.165, 1.54) is 0 Å². The molecule has 4 nitrogen and oxygen atoms in total. The number of carbonyl (C=O) groups excluding carboxylic acids is 1. The summed E-state index contributed by atoms with van der Waals surface area (Å²) in [5.74, 6) is 0.433. The number of benzene rings is 1. The van der Waals surface area contributed by atoms with Crippen LogP contribution in [0.3, 0.4) is 0 Å². The van der Waals surface area contributed by atoms with Crippen molar-refractivity contribution >= 4 is 5.91 Å². The van der Waals surface area contributed by atoms with Crippen LogP contribution in [0.1, 0.15) is 24.5 Å². The molecule has 0 bridgehead atoms. The molecule has 1 atom stereocenters. The summed E-state index contributed by atoms with van der Waals surface area (Å²) >= 11 is 0. The molecule has 19 heavy (non-hydrogen) atoms. The average molecular weight is 262 g/mol. The zero-order chi connectivity index (χ0) is 14.0. The number of nitrogens with one attached hydrogen (secondary N) is 1. The minimum atomic E-state index is -0.311. The molecule has 1 fully saturated rings. The molecule has 0 aliphatic carbocycles. The molecular formula is C15H22N2O2. The van der Waals surface area contributed by atoms with Crippen LogP contribution in [-0.4, -0.2) is 36.1 Å². The largest absolute Gasteiger partial charge is 0.508 e. The summed E-state index contributed by atoms with van der Waals surface area (Å²) in [6, 6.07) is 5.64. The first-order chi connectivity index (χ1) is 8.94. The number of phenols is 1. The van der Waals surface area contributed by atoms with Crippen molar-refractivity contribution in [1.29, 1.82) is 0 Å². The van der Waals surface area contributed by atoms with Gasteiger partial charge in [0.2, 0.25) is 5.91 Å². The third-order valence-electron chi connectivity index (χ3n) is 3.96. The molecule has 1 aliphatic rings. The molecule has 1 aromatic carbocycles. The van der Waals surface area contributed by atoms with Gasteiger partial charge in [-0.05, 0) is 32.9 Å². The Morgan fingerprint density at radius 1 is 1.53 bits per heavy atom. The van der Waals surface area contributed by atoms with Crippen LogP contribution in [0.4, 0.5) is 0 Å². The molecule has 0 saturated carbocycles. The fourth-order valence-corrected chi connectivity index (χ4v) is 2.76. The molecule has 2 N–H and O–H groups in total. The van der Waals surface area contributed by atoms with E-state index in [9.17, 15) is 9.90 Å². The van der Waals surface area contributed by atoms with Crippen LogP contribution in [-0.2, 0) is 11.3 Å². The lowest BCUT2D eigenvalue weighted by Crippen LogP contribution is -2.39. The number of amides is 1. The molecule has 0 aromatic heterocycles. The smallest absolute Gasteiger partial charge is 0.227 e. The second kappa shape index (κ2) is 5.21. The van der Waals surface area contributed by atoms with Crippen molar-refractivity contribution in [2.75, 3.05) is 20.1 Å². The molecule has 1 unspecified atom stereocenters. The molecule has 0 radical (unpaired) electrons. The first-order valence-electron chi connectivity index (χ1n) is 6.68. The molecule has 104 valence electrons. The zero-order valence-corrected chi connectivity index (χ0v) is 11.9. The molecule has 0 spiro atoms. The maximum absolute atomic E-state index is 11.9. The molecule has 1 heterocycles. The molecular weight excluding hydrogens is 240 g/mol. The van der Waals surface area contributed by atoms with Crippen molar-refractivity contribution in [2.45, 2.75) is 26.8 Å². The Kier molecular flexibility index (Phi) is 3.80. The number of nitrogens with zero attached hydrogens (tertiary/aromatic N) is 1. The van der Waals surface area contributed by atoms with Crippen molar-refractivity contribution in [3.05, 3.63) is 29.3 Å². The Morgan fingerprint density at radius 3 is 2.95 bits per heavy atom.